The Balaban J connectivity index is 1.44. The molecule has 1 aliphatic heterocycles. The van der Waals surface area contributed by atoms with E-state index in [-0.39, 0.29) is 55.1 Å². The number of rotatable bonds is 9. The van der Waals surface area contributed by atoms with Gasteiger partial charge in [-0.05, 0) is 61.7 Å². The third-order valence-electron chi connectivity index (χ3n) is 7.08. The van der Waals surface area contributed by atoms with E-state index in [0.29, 0.717) is 23.1 Å². The Morgan fingerprint density at radius 1 is 0.975 bits per heavy atom. The average molecular weight is 543 g/mol. The minimum atomic E-state index is -0.447. The highest BCUT2D eigenvalue weighted by Crippen LogP contribution is 2.18. The number of amides is 2. The zero-order valence-corrected chi connectivity index (χ0v) is 22.3. The Kier molecular flexibility index (Phi) is 8.36. The normalized spacial score (nSPS) is 14.8. The molecule has 1 saturated heterocycles. The molecule has 0 spiro atoms. The summed E-state index contributed by atoms with van der Waals surface area (Å²) in [6.07, 6.45) is 2.89. The van der Waals surface area contributed by atoms with Gasteiger partial charge in [0.15, 0.2) is 5.43 Å². The van der Waals surface area contributed by atoms with Gasteiger partial charge in [0, 0.05) is 25.3 Å². The first kappa shape index (κ1) is 27.3. The summed E-state index contributed by atoms with van der Waals surface area (Å²) >= 11 is 0. The third-order valence-corrected chi connectivity index (χ3v) is 7.08. The van der Waals surface area contributed by atoms with E-state index in [0.717, 1.165) is 24.0 Å². The van der Waals surface area contributed by atoms with Crippen molar-refractivity contribution in [2.45, 2.75) is 39.0 Å². The van der Waals surface area contributed by atoms with E-state index in [2.05, 4.69) is 0 Å². The van der Waals surface area contributed by atoms with Crippen molar-refractivity contribution in [3.8, 4) is 0 Å². The summed E-state index contributed by atoms with van der Waals surface area (Å²) in [6.45, 7) is 2.77. The first-order valence-electron chi connectivity index (χ1n) is 13.4. The van der Waals surface area contributed by atoms with Gasteiger partial charge in [-0.25, -0.2) is 4.39 Å². The summed E-state index contributed by atoms with van der Waals surface area (Å²) in [5.74, 6) is -1.16. The van der Waals surface area contributed by atoms with Crippen LogP contribution in [0.4, 0.5) is 4.39 Å². The number of halogens is 1. The van der Waals surface area contributed by atoms with Crippen LogP contribution in [0.15, 0.2) is 88.3 Å². The maximum atomic E-state index is 13.9. The van der Waals surface area contributed by atoms with Crippen LogP contribution in [0.1, 0.15) is 39.9 Å². The van der Waals surface area contributed by atoms with Crippen molar-refractivity contribution in [3.63, 3.8) is 0 Å². The van der Waals surface area contributed by atoms with E-state index >= 15 is 0 Å². The molecule has 0 saturated carbocycles. The van der Waals surface area contributed by atoms with E-state index < -0.39 is 5.82 Å². The summed E-state index contributed by atoms with van der Waals surface area (Å²) in [4.78, 5) is 43.7. The van der Waals surface area contributed by atoms with Crippen LogP contribution in [0.25, 0.3) is 11.0 Å². The number of nitrogens with zero attached hydrogens (tertiary/aromatic N) is 2. The molecule has 5 rings (SSSR count). The van der Waals surface area contributed by atoms with Crippen LogP contribution in [0, 0.1) is 12.7 Å². The Morgan fingerprint density at radius 3 is 2.48 bits per heavy atom. The van der Waals surface area contributed by atoms with Crippen LogP contribution in [-0.4, -0.2) is 47.4 Å². The molecule has 1 aromatic heterocycles. The lowest BCUT2D eigenvalue weighted by molar-refractivity contribution is -0.133. The summed E-state index contributed by atoms with van der Waals surface area (Å²) in [5, 5.41) is 0.455. The Labute approximate surface area is 231 Å². The van der Waals surface area contributed by atoms with Gasteiger partial charge >= 0.3 is 0 Å². The molecule has 4 aromatic rings. The molecule has 2 amide bonds. The fourth-order valence-electron chi connectivity index (χ4n) is 4.93. The van der Waals surface area contributed by atoms with E-state index in [4.69, 9.17) is 9.15 Å². The zero-order valence-electron chi connectivity index (χ0n) is 22.3. The molecule has 7 nitrogen and oxygen atoms in total. The lowest BCUT2D eigenvalue weighted by Gasteiger charge is -2.29. The highest BCUT2D eigenvalue weighted by molar-refractivity contribution is 5.96. The highest BCUT2D eigenvalue weighted by Gasteiger charge is 2.28. The molecule has 0 bridgehead atoms. The van der Waals surface area contributed by atoms with Crippen molar-refractivity contribution in [2.75, 3.05) is 19.7 Å². The quantitative estimate of drug-likeness (QED) is 0.294. The first-order valence-corrected chi connectivity index (χ1v) is 13.4. The summed E-state index contributed by atoms with van der Waals surface area (Å²) in [7, 11) is 0. The average Bonchev–Trinajstić information content (AvgIpc) is 3.48. The van der Waals surface area contributed by atoms with Gasteiger partial charge in [-0.1, -0.05) is 42.0 Å². The van der Waals surface area contributed by atoms with Gasteiger partial charge in [0.1, 0.15) is 17.9 Å². The molecule has 3 aromatic carbocycles. The fourth-order valence-corrected chi connectivity index (χ4v) is 4.93. The van der Waals surface area contributed by atoms with Gasteiger partial charge in [-0.2, -0.15) is 0 Å². The first-order chi connectivity index (χ1) is 19.4. The molecule has 1 fully saturated rings. The Hall–Kier alpha value is -4.30. The zero-order chi connectivity index (χ0) is 28.1. The molecule has 0 unspecified atom stereocenters. The maximum Gasteiger partial charge on any atom is 0.254 e. The van der Waals surface area contributed by atoms with E-state index in [1.54, 1.807) is 17.0 Å². The number of aryl methyl sites for hydroxylation is 1. The highest BCUT2D eigenvalue weighted by atomic mass is 19.1. The van der Waals surface area contributed by atoms with Crippen LogP contribution >= 0.6 is 0 Å². The number of hydrogen-bond acceptors (Lipinski definition) is 5. The second-order valence-corrected chi connectivity index (χ2v) is 10.2. The lowest BCUT2D eigenvalue weighted by atomic mass is 10.1. The van der Waals surface area contributed by atoms with Crippen molar-refractivity contribution < 1.29 is 23.1 Å². The summed E-state index contributed by atoms with van der Waals surface area (Å²) in [5.41, 5.74) is 2.72. The molecule has 1 atom stereocenters. The Bertz CT molecular complexity index is 1550. The van der Waals surface area contributed by atoms with Gasteiger partial charge in [0.2, 0.25) is 5.91 Å². The molecule has 0 radical (unpaired) electrons. The van der Waals surface area contributed by atoms with Crippen molar-refractivity contribution in [3.05, 3.63) is 117 Å². The van der Waals surface area contributed by atoms with Gasteiger partial charge in [0.05, 0.1) is 29.9 Å². The molecule has 40 heavy (non-hydrogen) atoms. The largest absolute Gasteiger partial charge is 0.464 e. The lowest BCUT2D eigenvalue weighted by Crippen LogP contribution is -2.45. The SMILES string of the molecule is Cc1ccc2occ(CN(Cc3ccccc3)C(=O)CN(C[C@H]3CCCO3)C(=O)c3ccc(F)cc3)c(=O)c2c1. The molecule has 8 heteroatoms. The molecular formula is C32H31FN2O5. The predicted molar refractivity (Wildman–Crippen MR) is 149 cm³/mol. The van der Waals surface area contributed by atoms with Gasteiger partial charge in [-0.15, -0.1) is 0 Å². The van der Waals surface area contributed by atoms with Crippen LogP contribution in [0.3, 0.4) is 0 Å². The Morgan fingerprint density at radius 2 is 1.75 bits per heavy atom. The molecule has 1 aliphatic rings. The number of benzene rings is 3. The number of carbonyl (C=O) groups excluding carboxylic acids is 2. The van der Waals surface area contributed by atoms with Crippen LogP contribution in [-0.2, 0) is 22.6 Å². The van der Waals surface area contributed by atoms with Crippen LogP contribution in [0.2, 0.25) is 0 Å². The second-order valence-electron chi connectivity index (χ2n) is 10.2. The molecular weight excluding hydrogens is 511 g/mol. The predicted octanol–water partition coefficient (Wildman–Crippen LogP) is 5.09. The van der Waals surface area contributed by atoms with Crippen LogP contribution < -0.4 is 5.43 Å². The molecule has 2 heterocycles. The third kappa shape index (κ3) is 6.46. The standard InChI is InChI=1S/C32H31FN2O5/c1-22-9-14-29-28(16-22)31(37)25(21-40-29)18-34(17-23-6-3-2-4-7-23)30(36)20-35(19-27-8-5-15-39-27)32(38)24-10-12-26(33)13-11-24/h2-4,6-7,9-14,16,21,27H,5,8,15,17-20H2,1H3/t27-/m1/s1. The number of hydrogen-bond donors (Lipinski definition) is 0. The monoisotopic (exact) mass is 542 g/mol. The summed E-state index contributed by atoms with van der Waals surface area (Å²) in [6, 6.07) is 20.1. The van der Waals surface area contributed by atoms with Gasteiger partial charge in [0.25, 0.3) is 5.91 Å². The summed E-state index contributed by atoms with van der Waals surface area (Å²) < 4.78 is 25.0. The fraction of sp³-hybridized carbons (Fsp3) is 0.281. The molecule has 206 valence electrons. The number of ether oxygens (including phenoxy) is 1. The number of carbonyl (C=O) groups is 2. The van der Waals surface area contributed by atoms with Crippen molar-refractivity contribution in [1.29, 1.82) is 0 Å². The van der Waals surface area contributed by atoms with Crippen molar-refractivity contribution in [1.82, 2.24) is 9.80 Å². The minimum absolute atomic E-state index is 0.0124. The van der Waals surface area contributed by atoms with Crippen LogP contribution in [0.5, 0.6) is 0 Å². The van der Waals surface area contributed by atoms with E-state index in [1.807, 2.05) is 43.3 Å². The van der Waals surface area contributed by atoms with Crippen molar-refractivity contribution in [2.24, 2.45) is 0 Å². The molecule has 0 N–H and O–H groups in total. The van der Waals surface area contributed by atoms with Gasteiger partial charge in [-0.3, -0.25) is 14.4 Å². The van der Waals surface area contributed by atoms with E-state index in [9.17, 15) is 18.8 Å². The smallest absolute Gasteiger partial charge is 0.254 e. The maximum absolute atomic E-state index is 13.9. The van der Waals surface area contributed by atoms with E-state index in [1.165, 1.54) is 35.4 Å². The van der Waals surface area contributed by atoms with Crippen molar-refractivity contribution >= 4 is 22.8 Å². The van der Waals surface area contributed by atoms with Gasteiger partial charge < -0.3 is 19.0 Å². The molecule has 0 aliphatic carbocycles. The minimum Gasteiger partial charge on any atom is -0.464 e. The number of fused-ring (bicyclic) bond motifs is 1. The topological polar surface area (TPSA) is 80.1 Å². The second kappa shape index (κ2) is 12.3.